The topological polar surface area (TPSA) is 51.1 Å². The number of benzene rings is 1. The highest BCUT2D eigenvalue weighted by Gasteiger charge is 2.21. The lowest BCUT2D eigenvalue weighted by Gasteiger charge is -2.21. The van der Waals surface area contributed by atoms with Gasteiger partial charge in [-0.3, -0.25) is 9.59 Å². The van der Waals surface area contributed by atoms with Crippen LogP contribution in [0.2, 0.25) is 0 Å². The molecule has 0 aliphatic heterocycles. The highest BCUT2D eigenvalue weighted by atomic mass is 16.2. The first-order valence-corrected chi connectivity index (χ1v) is 10.0. The zero-order chi connectivity index (χ0) is 19.8. The Morgan fingerprint density at radius 2 is 1.81 bits per heavy atom. The average molecular weight is 369 g/mol. The number of pyridine rings is 1. The van der Waals surface area contributed by atoms with E-state index < -0.39 is 0 Å². The monoisotopic (exact) mass is 368 g/mol. The van der Waals surface area contributed by atoms with Gasteiger partial charge in [-0.1, -0.05) is 58.2 Å². The summed E-state index contributed by atoms with van der Waals surface area (Å²) < 4.78 is 2.18. The Morgan fingerprint density at radius 3 is 2.44 bits per heavy atom. The van der Waals surface area contributed by atoms with Gasteiger partial charge in [0.2, 0.25) is 0 Å². The van der Waals surface area contributed by atoms with Crippen LogP contribution < -0.4 is 10.7 Å². The van der Waals surface area contributed by atoms with Crippen molar-refractivity contribution in [2.45, 2.75) is 66.3 Å². The molecular weight excluding hydrogens is 336 g/mol. The molecular formula is C23H32N2O2. The quantitative estimate of drug-likeness (QED) is 0.619. The normalized spacial score (nSPS) is 11.0. The van der Waals surface area contributed by atoms with Crippen LogP contribution in [0.5, 0.6) is 0 Å². The van der Waals surface area contributed by atoms with E-state index >= 15 is 0 Å². The van der Waals surface area contributed by atoms with Crippen LogP contribution >= 0.6 is 0 Å². The van der Waals surface area contributed by atoms with Crippen molar-refractivity contribution in [1.29, 1.82) is 0 Å². The van der Waals surface area contributed by atoms with E-state index in [1.807, 2.05) is 37.3 Å². The maximum Gasteiger partial charge on any atom is 0.261 e. The lowest BCUT2D eigenvalue weighted by molar-refractivity contribution is 0.102. The molecule has 0 unspecified atom stereocenters. The number of aryl methyl sites for hydroxylation is 1. The molecule has 1 aromatic heterocycles. The zero-order valence-corrected chi connectivity index (χ0v) is 17.0. The second-order valence-corrected chi connectivity index (χ2v) is 7.60. The molecule has 0 radical (unpaired) electrons. The fourth-order valence-corrected chi connectivity index (χ4v) is 3.39. The van der Waals surface area contributed by atoms with E-state index in [2.05, 4.69) is 30.7 Å². The molecule has 0 atom stereocenters. The van der Waals surface area contributed by atoms with E-state index in [0.29, 0.717) is 18.0 Å². The van der Waals surface area contributed by atoms with Crippen LogP contribution in [0, 0.1) is 12.8 Å². The molecule has 0 saturated carbocycles. The predicted molar refractivity (Wildman–Crippen MR) is 113 cm³/mol. The van der Waals surface area contributed by atoms with Crippen molar-refractivity contribution in [3.05, 3.63) is 63.6 Å². The maximum atomic E-state index is 13.0. The van der Waals surface area contributed by atoms with Gasteiger partial charge in [0.05, 0.1) is 0 Å². The van der Waals surface area contributed by atoms with Crippen molar-refractivity contribution in [2.24, 2.45) is 5.92 Å². The Kier molecular flexibility index (Phi) is 7.83. The Morgan fingerprint density at radius 1 is 1.11 bits per heavy atom. The summed E-state index contributed by atoms with van der Waals surface area (Å²) in [5.74, 6) is 0.0422. The number of nitrogens with zero attached hydrogens (tertiary/aromatic N) is 1. The number of unbranched alkanes of at least 4 members (excludes halogenated alkanes) is 3. The average Bonchev–Trinajstić information content (AvgIpc) is 2.61. The van der Waals surface area contributed by atoms with Crippen molar-refractivity contribution in [2.75, 3.05) is 5.32 Å². The van der Waals surface area contributed by atoms with Crippen molar-refractivity contribution in [1.82, 2.24) is 4.57 Å². The van der Waals surface area contributed by atoms with Gasteiger partial charge in [-0.25, -0.2) is 0 Å². The van der Waals surface area contributed by atoms with Gasteiger partial charge in [-0.2, -0.15) is 0 Å². The van der Waals surface area contributed by atoms with Gasteiger partial charge >= 0.3 is 0 Å². The van der Waals surface area contributed by atoms with E-state index in [9.17, 15) is 9.59 Å². The van der Waals surface area contributed by atoms with Crippen molar-refractivity contribution < 1.29 is 4.79 Å². The van der Waals surface area contributed by atoms with Crippen molar-refractivity contribution in [3.63, 3.8) is 0 Å². The first-order valence-electron chi connectivity index (χ1n) is 10.0. The molecule has 0 aliphatic carbocycles. The van der Waals surface area contributed by atoms with Crippen LogP contribution in [0.1, 0.15) is 68.2 Å². The molecule has 0 aliphatic rings. The molecule has 146 valence electrons. The third-order valence-corrected chi connectivity index (χ3v) is 4.72. The second-order valence-electron chi connectivity index (χ2n) is 7.60. The molecule has 2 rings (SSSR count). The maximum absolute atomic E-state index is 13.0. The largest absolute Gasteiger partial charge is 0.348 e. The summed E-state index contributed by atoms with van der Waals surface area (Å²) in [4.78, 5) is 25.7. The lowest BCUT2D eigenvalue weighted by atomic mass is 10.0. The Hall–Kier alpha value is -2.36. The first-order chi connectivity index (χ1) is 12.9. The van der Waals surface area contributed by atoms with E-state index in [1.165, 1.54) is 12.8 Å². The minimum absolute atomic E-state index is 0.193. The lowest BCUT2D eigenvalue weighted by Crippen LogP contribution is -2.29. The molecule has 1 N–H and O–H groups in total. The van der Waals surface area contributed by atoms with E-state index in [-0.39, 0.29) is 16.9 Å². The first kappa shape index (κ1) is 20.9. The number of para-hydroxylation sites is 1. The standard InChI is InChI=1S/C23H32N2O2/c1-5-6-7-11-14-25-18(4)16-21(26)22(20(25)15-17(2)3)23(27)24-19-12-9-8-10-13-19/h8-10,12-13,16-17H,5-7,11,14-15H2,1-4H3,(H,24,27). The summed E-state index contributed by atoms with van der Waals surface area (Å²) in [6, 6.07) is 10.9. The number of anilines is 1. The molecule has 1 amide bonds. The molecule has 1 heterocycles. The summed E-state index contributed by atoms with van der Waals surface area (Å²) in [6.45, 7) is 9.24. The van der Waals surface area contributed by atoms with Gasteiger partial charge in [0.25, 0.3) is 5.91 Å². The van der Waals surface area contributed by atoms with Crippen molar-refractivity contribution in [3.8, 4) is 0 Å². The highest BCUT2D eigenvalue weighted by Crippen LogP contribution is 2.17. The summed E-state index contributed by atoms with van der Waals surface area (Å²) in [6.07, 6.45) is 5.33. The number of rotatable bonds is 9. The van der Waals surface area contributed by atoms with Gasteiger partial charge in [-0.15, -0.1) is 0 Å². The van der Waals surface area contributed by atoms with E-state index in [0.717, 1.165) is 30.8 Å². The number of hydrogen-bond acceptors (Lipinski definition) is 2. The number of nitrogens with one attached hydrogen (secondary N) is 1. The molecule has 0 fully saturated rings. The fourth-order valence-electron chi connectivity index (χ4n) is 3.39. The zero-order valence-electron chi connectivity index (χ0n) is 17.0. The Bertz CT molecular complexity index is 807. The minimum atomic E-state index is -0.316. The summed E-state index contributed by atoms with van der Waals surface area (Å²) in [5.41, 5.74) is 2.59. The number of aromatic nitrogens is 1. The molecule has 1 aromatic carbocycles. The van der Waals surface area contributed by atoms with Gasteiger partial charge in [0, 0.05) is 29.7 Å². The third kappa shape index (κ3) is 5.81. The minimum Gasteiger partial charge on any atom is -0.348 e. The van der Waals surface area contributed by atoms with Crippen LogP contribution in [0.15, 0.2) is 41.2 Å². The second kappa shape index (κ2) is 10.1. The number of carbonyl (C=O) groups is 1. The molecule has 27 heavy (non-hydrogen) atoms. The van der Waals surface area contributed by atoms with Gasteiger partial charge in [0.1, 0.15) is 5.56 Å². The van der Waals surface area contributed by atoms with Crippen LogP contribution in [-0.2, 0) is 13.0 Å². The number of hydrogen-bond donors (Lipinski definition) is 1. The smallest absolute Gasteiger partial charge is 0.261 e. The summed E-state index contributed by atoms with van der Waals surface area (Å²) in [7, 11) is 0. The predicted octanol–water partition coefficient (Wildman–Crippen LogP) is 5.19. The number of carbonyl (C=O) groups excluding carboxylic acids is 1. The Balaban J connectivity index is 2.41. The van der Waals surface area contributed by atoms with Gasteiger partial charge in [-0.05, 0) is 37.8 Å². The van der Waals surface area contributed by atoms with Gasteiger partial charge in [0.15, 0.2) is 5.43 Å². The van der Waals surface area contributed by atoms with E-state index in [1.54, 1.807) is 6.07 Å². The van der Waals surface area contributed by atoms with Crippen LogP contribution in [-0.4, -0.2) is 10.5 Å². The highest BCUT2D eigenvalue weighted by molar-refractivity contribution is 6.05. The molecule has 0 spiro atoms. The summed E-state index contributed by atoms with van der Waals surface area (Å²) >= 11 is 0. The molecule has 2 aromatic rings. The fraction of sp³-hybridized carbons (Fsp3) is 0.478. The third-order valence-electron chi connectivity index (χ3n) is 4.72. The molecule has 4 nitrogen and oxygen atoms in total. The van der Waals surface area contributed by atoms with Crippen LogP contribution in [0.4, 0.5) is 5.69 Å². The van der Waals surface area contributed by atoms with E-state index in [4.69, 9.17) is 0 Å². The van der Waals surface area contributed by atoms with Gasteiger partial charge < -0.3 is 9.88 Å². The van der Waals surface area contributed by atoms with Crippen LogP contribution in [0.25, 0.3) is 0 Å². The molecule has 0 bridgehead atoms. The van der Waals surface area contributed by atoms with Crippen molar-refractivity contribution >= 4 is 11.6 Å². The number of amides is 1. The SMILES string of the molecule is CCCCCCn1c(C)cc(=O)c(C(=O)Nc2ccccc2)c1CC(C)C. The molecule has 0 saturated heterocycles. The molecule has 4 heteroatoms. The van der Waals surface area contributed by atoms with Crippen LogP contribution in [0.3, 0.4) is 0 Å². The Labute approximate surface area is 162 Å². The summed E-state index contributed by atoms with van der Waals surface area (Å²) in [5, 5.41) is 2.88.